The number of hydrogen-bond acceptors (Lipinski definition) is 5. The highest BCUT2D eigenvalue weighted by Gasteiger charge is 2.20. The molecule has 2 aromatic rings. The molecule has 0 aliphatic rings. The van der Waals surface area contributed by atoms with Crippen molar-refractivity contribution in [1.82, 2.24) is 15.5 Å². The number of furan rings is 1. The van der Waals surface area contributed by atoms with Crippen molar-refractivity contribution in [3.05, 3.63) is 23.0 Å². The van der Waals surface area contributed by atoms with Crippen LogP contribution in [0, 0.1) is 20.8 Å². The van der Waals surface area contributed by atoms with Crippen LogP contribution in [0.15, 0.2) is 8.83 Å². The lowest BCUT2D eigenvalue weighted by Gasteiger charge is -2.02. The molecule has 5 nitrogen and oxygen atoms in total. The summed E-state index contributed by atoms with van der Waals surface area (Å²) in [7, 11) is 1.85. The quantitative estimate of drug-likeness (QED) is 0.885. The molecule has 0 fully saturated rings. The Morgan fingerprint density at radius 2 is 1.76 bits per heavy atom. The number of nitrogens with one attached hydrogen (secondary N) is 1. The fraction of sp³-hybridized carbons (Fsp3) is 0.500. The van der Waals surface area contributed by atoms with E-state index in [0.717, 1.165) is 22.6 Å². The highest BCUT2D eigenvalue weighted by atomic mass is 16.4. The van der Waals surface area contributed by atoms with Crippen LogP contribution in [0.4, 0.5) is 0 Å². The van der Waals surface area contributed by atoms with Crippen molar-refractivity contribution < 1.29 is 8.83 Å². The Kier molecular flexibility index (Phi) is 3.02. The molecule has 0 amide bonds. The maximum absolute atomic E-state index is 5.65. The lowest BCUT2D eigenvalue weighted by molar-refractivity contribution is 0.440. The van der Waals surface area contributed by atoms with Gasteiger partial charge in [-0.25, -0.2) is 0 Å². The third-order valence-electron chi connectivity index (χ3n) is 3.02. The Hall–Kier alpha value is -1.62. The first-order chi connectivity index (χ1) is 8.04. The normalized spacial score (nSPS) is 13.0. The van der Waals surface area contributed by atoms with E-state index in [1.807, 2.05) is 34.7 Å². The third-order valence-corrected chi connectivity index (χ3v) is 3.02. The van der Waals surface area contributed by atoms with E-state index in [2.05, 4.69) is 15.5 Å². The van der Waals surface area contributed by atoms with E-state index in [1.165, 1.54) is 0 Å². The Bertz CT molecular complexity index is 528. The summed E-state index contributed by atoms with van der Waals surface area (Å²) in [4.78, 5) is 0. The molecular formula is C12H17N3O2. The first-order valence-corrected chi connectivity index (χ1v) is 5.62. The summed E-state index contributed by atoms with van der Waals surface area (Å²) in [5.41, 5.74) is 1.96. The van der Waals surface area contributed by atoms with Crippen molar-refractivity contribution in [2.75, 3.05) is 7.05 Å². The van der Waals surface area contributed by atoms with Crippen LogP contribution in [0.2, 0.25) is 0 Å². The lowest BCUT2D eigenvalue weighted by Crippen LogP contribution is -2.12. The largest absolute Gasteiger partial charge is 0.466 e. The Labute approximate surface area is 100 Å². The smallest absolute Gasteiger partial charge is 0.251 e. The van der Waals surface area contributed by atoms with Crippen LogP contribution in [-0.2, 0) is 0 Å². The predicted octanol–water partition coefficient (Wildman–Crippen LogP) is 2.54. The van der Waals surface area contributed by atoms with E-state index in [4.69, 9.17) is 8.83 Å². The second kappa shape index (κ2) is 4.33. The first kappa shape index (κ1) is 11.9. The molecular weight excluding hydrogens is 218 g/mol. The monoisotopic (exact) mass is 235 g/mol. The van der Waals surface area contributed by atoms with E-state index >= 15 is 0 Å². The minimum Gasteiger partial charge on any atom is -0.466 e. The van der Waals surface area contributed by atoms with Crippen LogP contribution in [-0.4, -0.2) is 17.2 Å². The average molecular weight is 235 g/mol. The molecule has 0 saturated carbocycles. The molecule has 0 aliphatic heterocycles. The highest BCUT2D eigenvalue weighted by molar-refractivity contribution is 5.61. The molecule has 0 radical (unpaired) electrons. The van der Waals surface area contributed by atoms with Crippen molar-refractivity contribution in [2.45, 2.75) is 33.7 Å². The van der Waals surface area contributed by atoms with E-state index in [-0.39, 0.29) is 6.04 Å². The van der Waals surface area contributed by atoms with Gasteiger partial charge >= 0.3 is 0 Å². The zero-order chi connectivity index (χ0) is 12.6. The van der Waals surface area contributed by atoms with Crippen LogP contribution >= 0.6 is 0 Å². The van der Waals surface area contributed by atoms with Crippen LogP contribution in [0.3, 0.4) is 0 Å². The topological polar surface area (TPSA) is 64.1 Å². The highest BCUT2D eigenvalue weighted by Crippen LogP contribution is 2.31. The minimum absolute atomic E-state index is 0.0462. The predicted molar refractivity (Wildman–Crippen MR) is 63.7 cm³/mol. The summed E-state index contributed by atoms with van der Waals surface area (Å²) in [6.07, 6.45) is 0. The van der Waals surface area contributed by atoms with Crippen LogP contribution in [0.5, 0.6) is 0 Å². The average Bonchev–Trinajstić information content (AvgIpc) is 2.85. The van der Waals surface area contributed by atoms with Gasteiger partial charge in [-0.2, -0.15) is 0 Å². The fourth-order valence-corrected chi connectivity index (χ4v) is 1.74. The molecule has 1 atom stereocenters. The summed E-state index contributed by atoms with van der Waals surface area (Å²) in [6, 6.07) is 0.0462. The van der Waals surface area contributed by atoms with Crippen LogP contribution in [0.25, 0.3) is 11.5 Å². The van der Waals surface area contributed by atoms with Gasteiger partial charge in [-0.1, -0.05) is 0 Å². The number of aromatic nitrogens is 2. The van der Waals surface area contributed by atoms with E-state index in [1.54, 1.807) is 0 Å². The third kappa shape index (κ3) is 1.98. The first-order valence-electron chi connectivity index (χ1n) is 5.62. The van der Waals surface area contributed by atoms with Crippen LogP contribution < -0.4 is 5.32 Å². The summed E-state index contributed by atoms with van der Waals surface area (Å²) in [6.45, 7) is 7.80. The molecule has 0 saturated heterocycles. The molecule has 2 heterocycles. The van der Waals surface area contributed by atoms with Crippen molar-refractivity contribution >= 4 is 0 Å². The van der Waals surface area contributed by atoms with E-state index in [0.29, 0.717) is 11.8 Å². The second-order valence-electron chi connectivity index (χ2n) is 4.17. The second-order valence-corrected chi connectivity index (χ2v) is 4.17. The molecule has 1 unspecified atom stereocenters. The van der Waals surface area contributed by atoms with Gasteiger partial charge in [0.25, 0.3) is 5.89 Å². The molecule has 92 valence electrons. The standard InChI is InChI=1S/C12H17N3O2/c1-6-8(3)16-9(4)10(6)12-15-14-11(17-12)7(2)13-5/h7,13H,1-5H3. The zero-order valence-corrected chi connectivity index (χ0v) is 10.8. The van der Waals surface area contributed by atoms with Gasteiger partial charge < -0.3 is 14.2 Å². The SMILES string of the molecule is CNC(C)c1nnc(-c2c(C)oc(C)c2C)o1. The number of hydrogen-bond donors (Lipinski definition) is 1. The summed E-state index contributed by atoms with van der Waals surface area (Å²) >= 11 is 0. The molecule has 2 rings (SSSR count). The zero-order valence-electron chi connectivity index (χ0n) is 10.8. The van der Waals surface area contributed by atoms with Gasteiger partial charge in [-0.05, 0) is 34.7 Å². The van der Waals surface area contributed by atoms with Crippen molar-refractivity contribution in [3.8, 4) is 11.5 Å². The molecule has 1 N–H and O–H groups in total. The summed E-state index contributed by atoms with van der Waals surface area (Å²) in [5, 5.41) is 11.2. The van der Waals surface area contributed by atoms with Gasteiger partial charge in [0.05, 0.1) is 11.6 Å². The lowest BCUT2D eigenvalue weighted by atomic mass is 10.1. The van der Waals surface area contributed by atoms with Crippen molar-refractivity contribution in [2.24, 2.45) is 0 Å². The molecule has 5 heteroatoms. The Morgan fingerprint density at radius 3 is 2.29 bits per heavy atom. The van der Waals surface area contributed by atoms with Gasteiger partial charge in [0.15, 0.2) is 0 Å². The summed E-state index contributed by atoms with van der Waals surface area (Å²) < 4.78 is 11.2. The van der Waals surface area contributed by atoms with Crippen molar-refractivity contribution in [1.29, 1.82) is 0 Å². The Balaban J connectivity index is 2.43. The molecule has 0 bridgehead atoms. The number of nitrogens with zero attached hydrogens (tertiary/aromatic N) is 2. The molecule has 2 aromatic heterocycles. The van der Waals surface area contributed by atoms with Gasteiger partial charge in [0.2, 0.25) is 5.89 Å². The maximum Gasteiger partial charge on any atom is 0.251 e. The van der Waals surface area contributed by atoms with Crippen molar-refractivity contribution in [3.63, 3.8) is 0 Å². The number of aryl methyl sites for hydroxylation is 2. The molecule has 0 aliphatic carbocycles. The van der Waals surface area contributed by atoms with Gasteiger partial charge in [-0.3, -0.25) is 0 Å². The number of rotatable bonds is 3. The molecule has 0 aromatic carbocycles. The summed E-state index contributed by atoms with van der Waals surface area (Å²) in [5.74, 6) is 2.81. The van der Waals surface area contributed by atoms with Crippen LogP contribution in [0.1, 0.15) is 35.9 Å². The van der Waals surface area contributed by atoms with E-state index < -0.39 is 0 Å². The minimum atomic E-state index is 0.0462. The molecule has 0 spiro atoms. The Morgan fingerprint density at radius 1 is 1.06 bits per heavy atom. The van der Waals surface area contributed by atoms with Gasteiger partial charge in [-0.15, -0.1) is 10.2 Å². The van der Waals surface area contributed by atoms with Gasteiger partial charge in [0.1, 0.15) is 11.5 Å². The maximum atomic E-state index is 5.65. The molecule has 17 heavy (non-hydrogen) atoms. The fourth-order valence-electron chi connectivity index (χ4n) is 1.74. The van der Waals surface area contributed by atoms with E-state index in [9.17, 15) is 0 Å². The van der Waals surface area contributed by atoms with Gasteiger partial charge in [0, 0.05) is 5.56 Å².